The minimum absolute atomic E-state index is 0. The van der Waals surface area contributed by atoms with Crippen molar-refractivity contribution in [2.24, 2.45) is 10.2 Å². The number of benzene rings is 3. The Kier molecular flexibility index (Phi) is 13.5. The normalized spacial score (nSPS) is 11.5. The van der Waals surface area contributed by atoms with Gasteiger partial charge in [-0.2, -0.15) is 5.11 Å². The molecule has 0 amide bonds. The minimum Gasteiger partial charge on any atom is -0.744 e. The molecular formula is C28H33N2NaO5S. The Hall–Kier alpha value is -2.10. The van der Waals surface area contributed by atoms with Gasteiger partial charge in [0.15, 0.2) is 0 Å². The third-order valence-corrected chi connectivity index (χ3v) is 6.82. The van der Waals surface area contributed by atoms with Crippen LogP contribution in [0.15, 0.2) is 75.8 Å². The minimum atomic E-state index is -4.51. The van der Waals surface area contributed by atoms with Gasteiger partial charge in [-0.15, -0.1) is 5.11 Å². The fourth-order valence-corrected chi connectivity index (χ4v) is 4.45. The van der Waals surface area contributed by atoms with E-state index in [1.165, 1.54) is 62.8 Å². The molecule has 0 radical (unpaired) electrons. The molecule has 0 aromatic heterocycles. The van der Waals surface area contributed by atoms with Crippen molar-refractivity contribution in [1.82, 2.24) is 0 Å². The molecular weight excluding hydrogens is 499 g/mol. The predicted octanol–water partition coefficient (Wildman–Crippen LogP) is 4.99. The predicted molar refractivity (Wildman–Crippen MR) is 140 cm³/mol. The van der Waals surface area contributed by atoms with Crippen LogP contribution >= 0.6 is 0 Å². The van der Waals surface area contributed by atoms with E-state index in [-0.39, 0.29) is 40.4 Å². The van der Waals surface area contributed by atoms with Crippen LogP contribution in [0.2, 0.25) is 0 Å². The van der Waals surface area contributed by atoms with E-state index in [4.69, 9.17) is 4.74 Å². The first kappa shape index (κ1) is 31.1. The summed E-state index contributed by atoms with van der Waals surface area (Å²) in [6.45, 7) is 2.22. The molecule has 0 aliphatic rings. The zero-order chi connectivity index (χ0) is 25.8. The number of rotatable bonds is 14. The number of carbonyl (C=O) groups excluding carboxylic acids is 1. The quantitative estimate of drug-likeness (QED) is 0.0726. The molecule has 0 atom stereocenters. The fraction of sp³-hybridized carbons (Fsp3) is 0.393. The van der Waals surface area contributed by atoms with Crippen molar-refractivity contribution >= 4 is 38.2 Å². The van der Waals surface area contributed by atoms with Crippen LogP contribution in [-0.2, 0) is 14.9 Å². The van der Waals surface area contributed by atoms with Crippen LogP contribution in [0.25, 0.3) is 10.8 Å². The van der Waals surface area contributed by atoms with E-state index >= 15 is 0 Å². The van der Waals surface area contributed by atoms with E-state index in [1.54, 1.807) is 12.1 Å². The van der Waals surface area contributed by atoms with E-state index in [2.05, 4.69) is 17.2 Å². The van der Waals surface area contributed by atoms with Crippen LogP contribution < -0.4 is 34.3 Å². The van der Waals surface area contributed by atoms with Gasteiger partial charge in [0, 0.05) is 17.2 Å². The maximum Gasteiger partial charge on any atom is 1.00 e. The van der Waals surface area contributed by atoms with Crippen LogP contribution in [-0.4, -0.2) is 18.9 Å². The van der Waals surface area contributed by atoms with Gasteiger partial charge >= 0.3 is 35.5 Å². The SMILES string of the molecule is CCCCCCCCCCCC(=O)Oc1ccc(/N=N/c2ccc(S(=O)(=O)[O-])cc2)c2ccccc12.[Na+]. The molecule has 0 bridgehead atoms. The number of hydrogen-bond acceptors (Lipinski definition) is 7. The molecule has 3 aromatic carbocycles. The molecule has 0 spiro atoms. The average molecular weight is 533 g/mol. The Bertz CT molecular complexity index is 1280. The smallest absolute Gasteiger partial charge is 0.744 e. The average Bonchev–Trinajstić information content (AvgIpc) is 2.87. The van der Waals surface area contributed by atoms with Crippen molar-refractivity contribution < 1.29 is 52.1 Å². The third kappa shape index (κ3) is 10.3. The molecule has 0 N–H and O–H groups in total. The Morgan fingerprint density at radius 2 is 1.38 bits per heavy atom. The van der Waals surface area contributed by atoms with Crippen LogP contribution in [0, 0.1) is 0 Å². The number of fused-ring (bicyclic) bond motifs is 1. The van der Waals surface area contributed by atoms with E-state index in [0.717, 1.165) is 30.0 Å². The molecule has 3 aromatic rings. The zero-order valence-electron chi connectivity index (χ0n) is 21.7. The maximum atomic E-state index is 12.4. The van der Waals surface area contributed by atoms with Gasteiger partial charge in [-0.3, -0.25) is 4.79 Å². The Morgan fingerprint density at radius 3 is 2.00 bits per heavy atom. The third-order valence-electron chi connectivity index (χ3n) is 5.97. The van der Waals surface area contributed by atoms with Gasteiger partial charge in [-0.05, 0) is 42.8 Å². The summed E-state index contributed by atoms with van der Waals surface area (Å²) >= 11 is 0. The second-order valence-electron chi connectivity index (χ2n) is 8.83. The van der Waals surface area contributed by atoms with Crippen molar-refractivity contribution in [2.45, 2.75) is 76.0 Å². The zero-order valence-corrected chi connectivity index (χ0v) is 24.5. The van der Waals surface area contributed by atoms with Crippen molar-refractivity contribution in [2.75, 3.05) is 0 Å². The number of ether oxygens (including phenoxy) is 1. The number of nitrogens with zero attached hydrogens (tertiary/aromatic N) is 2. The summed E-state index contributed by atoms with van der Waals surface area (Å²) in [6, 6.07) is 16.1. The van der Waals surface area contributed by atoms with E-state index in [1.807, 2.05) is 24.3 Å². The Morgan fingerprint density at radius 1 is 0.784 bits per heavy atom. The van der Waals surface area contributed by atoms with Gasteiger partial charge < -0.3 is 9.29 Å². The van der Waals surface area contributed by atoms with Gasteiger partial charge in [0.2, 0.25) is 0 Å². The van der Waals surface area contributed by atoms with E-state index < -0.39 is 10.1 Å². The van der Waals surface area contributed by atoms with Crippen LogP contribution in [0.5, 0.6) is 5.75 Å². The van der Waals surface area contributed by atoms with Crippen molar-refractivity contribution in [3.8, 4) is 5.75 Å². The Labute approximate surface area is 241 Å². The first-order valence-corrected chi connectivity index (χ1v) is 14.0. The summed E-state index contributed by atoms with van der Waals surface area (Å²) < 4.78 is 38.9. The van der Waals surface area contributed by atoms with Gasteiger partial charge in [0.1, 0.15) is 15.9 Å². The number of esters is 1. The maximum absolute atomic E-state index is 12.4. The number of hydrogen-bond donors (Lipinski definition) is 0. The molecule has 7 nitrogen and oxygen atoms in total. The van der Waals surface area contributed by atoms with E-state index in [0.29, 0.717) is 23.5 Å². The number of unbranched alkanes of at least 4 members (excludes halogenated alkanes) is 8. The summed E-state index contributed by atoms with van der Waals surface area (Å²) in [5, 5.41) is 9.95. The van der Waals surface area contributed by atoms with Crippen molar-refractivity contribution in [1.29, 1.82) is 0 Å². The molecule has 0 aliphatic heterocycles. The summed E-state index contributed by atoms with van der Waals surface area (Å²) in [5.74, 6) is 0.237. The molecule has 3 rings (SSSR count). The Balaban J connectivity index is 0.00000481. The first-order valence-electron chi connectivity index (χ1n) is 12.6. The summed E-state index contributed by atoms with van der Waals surface area (Å²) in [7, 11) is -4.51. The summed E-state index contributed by atoms with van der Waals surface area (Å²) in [4.78, 5) is 12.1. The molecule has 0 unspecified atom stereocenters. The molecule has 0 saturated carbocycles. The van der Waals surface area contributed by atoms with Gasteiger partial charge in [0.05, 0.1) is 16.3 Å². The molecule has 0 aliphatic carbocycles. The van der Waals surface area contributed by atoms with Gasteiger partial charge in [-0.25, -0.2) is 8.42 Å². The standard InChI is InChI=1S/C28H34N2O5S.Na/c1-2-3-4-5-6-7-8-9-10-15-28(31)35-27-21-20-26(24-13-11-12-14-25(24)27)30-29-22-16-18-23(19-17-22)36(32,33)34;/h11-14,16-21H,2-10,15H2,1H3,(H,32,33,34);/q;+1/p-1/b30-29+;. The molecule has 0 fully saturated rings. The molecule has 37 heavy (non-hydrogen) atoms. The largest absolute Gasteiger partial charge is 1.00 e. The van der Waals surface area contributed by atoms with Crippen LogP contribution in [0.3, 0.4) is 0 Å². The monoisotopic (exact) mass is 532 g/mol. The molecule has 0 saturated heterocycles. The number of azo groups is 1. The molecule has 192 valence electrons. The summed E-state index contributed by atoms with van der Waals surface area (Å²) in [6.07, 6.45) is 11.1. The van der Waals surface area contributed by atoms with Gasteiger partial charge in [-0.1, -0.05) is 82.6 Å². The van der Waals surface area contributed by atoms with Crippen molar-refractivity contribution in [3.05, 3.63) is 60.7 Å². The second kappa shape index (κ2) is 16.0. The van der Waals surface area contributed by atoms with Crippen LogP contribution in [0.4, 0.5) is 11.4 Å². The topological polar surface area (TPSA) is 108 Å². The van der Waals surface area contributed by atoms with Crippen LogP contribution in [0.1, 0.15) is 71.1 Å². The van der Waals surface area contributed by atoms with Gasteiger partial charge in [0.25, 0.3) is 0 Å². The fourth-order valence-electron chi connectivity index (χ4n) is 3.98. The molecule has 0 heterocycles. The first-order chi connectivity index (χ1) is 17.4. The summed E-state index contributed by atoms with van der Waals surface area (Å²) in [5.41, 5.74) is 0.979. The van der Waals surface area contributed by atoms with E-state index in [9.17, 15) is 17.8 Å². The second-order valence-corrected chi connectivity index (χ2v) is 10.2. The van der Waals surface area contributed by atoms with Crippen molar-refractivity contribution in [3.63, 3.8) is 0 Å². The molecule has 9 heteroatoms. The number of carbonyl (C=O) groups is 1.